The maximum Gasteiger partial charge on any atom is 0.174 e. The third kappa shape index (κ3) is 4.00. The molecule has 2 aromatic rings. The second-order valence-electron chi connectivity index (χ2n) is 4.89. The first-order valence-electron chi connectivity index (χ1n) is 7.05. The van der Waals surface area contributed by atoms with E-state index in [9.17, 15) is 0 Å². The highest BCUT2D eigenvalue weighted by atomic mass is 32.2. The van der Waals surface area contributed by atoms with Crippen LogP contribution in [0.5, 0.6) is 0 Å². The summed E-state index contributed by atoms with van der Waals surface area (Å²) in [6, 6.07) is 12.5. The number of benzene rings is 1. The molecule has 118 valence electrons. The van der Waals surface area contributed by atoms with Gasteiger partial charge in [0.1, 0.15) is 5.82 Å². The zero-order chi connectivity index (χ0) is 15.9. The van der Waals surface area contributed by atoms with E-state index in [2.05, 4.69) is 41.6 Å². The number of aromatic nitrogens is 1. The van der Waals surface area contributed by atoms with Crippen LogP contribution in [-0.4, -0.2) is 45.3 Å². The van der Waals surface area contributed by atoms with Crippen LogP contribution in [0.4, 0.5) is 5.82 Å². The van der Waals surface area contributed by atoms with E-state index < -0.39 is 0 Å². The van der Waals surface area contributed by atoms with Crippen molar-refractivity contribution in [1.29, 1.82) is 0 Å². The highest BCUT2D eigenvalue weighted by Gasteiger charge is 2.11. The van der Waals surface area contributed by atoms with Gasteiger partial charge in [0.25, 0.3) is 0 Å². The predicted molar refractivity (Wildman–Crippen MR) is 92.5 cm³/mol. The summed E-state index contributed by atoms with van der Waals surface area (Å²) in [4.78, 5) is 7.83. The van der Waals surface area contributed by atoms with Gasteiger partial charge < -0.3 is 14.4 Å². The summed E-state index contributed by atoms with van der Waals surface area (Å²) in [5.41, 5.74) is 2.33. The average molecular weight is 318 g/mol. The molecule has 0 unspecified atom stereocenters. The Balaban J connectivity index is 2.16. The fourth-order valence-electron chi connectivity index (χ4n) is 2.22. The Labute approximate surface area is 136 Å². The van der Waals surface area contributed by atoms with Crippen molar-refractivity contribution in [2.75, 3.05) is 39.0 Å². The Kier molecular flexibility index (Phi) is 6.24. The molecule has 0 saturated carbocycles. The summed E-state index contributed by atoms with van der Waals surface area (Å²) in [6.07, 6.45) is 3.74. The fourth-order valence-corrected chi connectivity index (χ4v) is 2.84. The summed E-state index contributed by atoms with van der Waals surface area (Å²) < 4.78 is 10.4. The Hall–Kier alpha value is -1.56. The monoisotopic (exact) mass is 318 g/mol. The maximum atomic E-state index is 5.22. The van der Waals surface area contributed by atoms with Crippen LogP contribution in [-0.2, 0) is 9.47 Å². The van der Waals surface area contributed by atoms with Crippen LogP contribution in [0.3, 0.4) is 0 Å². The van der Waals surface area contributed by atoms with E-state index in [4.69, 9.17) is 9.47 Å². The molecular formula is C17H22N2O2S. The van der Waals surface area contributed by atoms with Crippen LogP contribution in [0.15, 0.2) is 47.5 Å². The van der Waals surface area contributed by atoms with Crippen LogP contribution in [0.2, 0.25) is 0 Å². The summed E-state index contributed by atoms with van der Waals surface area (Å²) in [5.74, 6) is 0.893. The Morgan fingerprint density at radius 3 is 2.45 bits per heavy atom. The van der Waals surface area contributed by atoms with Gasteiger partial charge in [-0.05, 0) is 30.0 Å². The number of methoxy groups -OCH3 is 2. The van der Waals surface area contributed by atoms with Gasteiger partial charge in [0, 0.05) is 37.9 Å². The highest BCUT2D eigenvalue weighted by Crippen LogP contribution is 2.30. The van der Waals surface area contributed by atoms with Crippen LogP contribution < -0.4 is 4.90 Å². The zero-order valence-corrected chi connectivity index (χ0v) is 14.3. The molecule has 0 aliphatic heterocycles. The average Bonchev–Trinajstić information content (AvgIpc) is 2.59. The molecule has 2 rings (SSSR count). The second-order valence-corrected chi connectivity index (χ2v) is 5.73. The summed E-state index contributed by atoms with van der Waals surface area (Å²) >= 11 is 1.74. The first-order chi connectivity index (χ1) is 10.7. The van der Waals surface area contributed by atoms with Gasteiger partial charge in [-0.25, -0.2) is 4.98 Å². The Morgan fingerprint density at radius 1 is 1.14 bits per heavy atom. The number of thioether (sulfide) groups is 1. The van der Waals surface area contributed by atoms with E-state index in [1.54, 1.807) is 26.0 Å². The smallest absolute Gasteiger partial charge is 0.174 e. The van der Waals surface area contributed by atoms with Gasteiger partial charge in [-0.2, -0.15) is 0 Å². The molecule has 4 nitrogen and oxygen atoms in total. The lowest BCUT2D eigenvalue weighted by Crippen LogP contribution is -2.32. The van der Waals surface area contributed by atoms with Crippen molar-refractivity contribution in [3.8, 4) is 11.1 Å². The lowest BCUT2D eigenvalue weighted by molar-refractivity contribution is -0.0944. The number of rotatable bonds is 7. The summed E-state index contributed by atoms with van der Waals surface area (Å²) in [6.45, 7) is 0.626. The van der Waals surface area contributed by atoms with Gasteiger partial charge in [0.05, 0.1) is 6.54 Å². The molecule has 0 saturated heterocycles. The van der Waals surface area contributed by atoms with Crippen molar-refractivity contribution in [2.45, 2.75) is 11.2 Å². The molecule has 0 fully saturated rings. The minimum Gasteiger partial charge on any atom is -0.355 e. The summed E-state index contributed by atoms with van der Waals surface area (Å²) in [5, 5.41) is 0. The molecule has 0 spiro atoms. The third-order valence-electron chi connectivity index (χ3n) is 3.51. The van der Waals surface area contributed by atoms with Crippen molar-refractivity contribution < 1.29 is 9.47 Å². The SMILES string of the molecule is COC(CN(C)c1ccc(-c2ccccc2SC)cn1)OC. The molecule has 0 bridgehead atoms. The van der Waals surface area contributed by atoms with E-state index in [0.29, 0.717) is 6.54 Å². The van der Waals surface area contributed by atoms with Gasteiger partial charge in [-0.1, -0.05) is 18.2 Å². The van der Waals surface area contributed by atoms with Crippen LogP contribution >= 0.6 is 11.8 Å². The van der Waals surface area contributed by atoms with E-state index in [0.717, 1.165) is 11.4 Å². The van der Waals surface area contributed by atoms with Crippen molar-refractivity contribution in [2.24, 2.45) is 0 Å². The van der Waals surface area contributed by atoms with Gasteiger partial charge in [-0.15, -0.1) is 11.8 Å². The van der Waals surface area contributed by atoms with Crippen LogP contribution in [0.1, 0.15) is 0 Å². The Bertz CT molecular complexity index is 585. The maximum absolute atomic E-state index is 5.22. The second kappa shape index (κ2) is 8.17. The first kappa shape index (κ1) is 16.8. The molecule has 0 amide bonds. The van der Waals surface area contributed by atoms with Gasteiger partial charge in [-0.3, -0.25) is 0 Å². The molecular weight excluding hydrogens is 296 g/mol. The van der Waals surface area contributed by atoms with Crippen LogP contribution in [0.25, 0.3) is 11.1 Å². The standard InChI is InChI=1S/C17H22N2O2S/c1-19(12-17(20-2)21-3)16-10-9-13(11-18-16)14-7-5-6-8-15(14)22-4/h5-11,17H,12H2,1-4H3. The quantitative estimate of drug-likeness (QED) is 0.576. The van der Waals surface area contributed by atoms with Crippen molar-refractivity contribution in [1.82, 2.24) is 4.98 Å². The third-order valence-corrected chi connectivity index (χ3v) is 4.30. The van der Waals surface area contributed by atoms with Gasteiger partial charge >= 0.3 is 0 Å². The van der Waals surface area contributed by atoms with Gasteiger partial charge in [0.2, 0.25) is 0 Å². The molecule has 0 aliphatic carbocycles. The molecule has 0 N–H and O–H groups in total. The van der Waals surface area contributed by atoms with E-state index in [1.165, 1.54) is 10.5 Å². The number of anilines is 1. The topological polar surface area (TPSA) is 34.6 Å². The number of pyridine rings is 1. The van der Waals surface area contributed by atoms with Crippen molar-refractivity contribution >= 4 is 17.6 Å². The molecule has 1 heterocycles. The van der Waals surface area contributed by atoms with Crippen LogP contribution in [0, 0.1) is 0 Å². The molecule has 5 heteroatoms. The number of ether oxygens (including phenoxy) is 2. The Morgan fingerprint density at radius 2 is 1.86 bits per heavy atom. The highest BCUT2D eigenvalue weighted by molar-refractivity contribution is 7.98. The van der Waals surface area contributed by atoms with E-state index in [-0.39, 0.29) is 6.29 Å². The van der Waals surface area contributed by atoms with Crippen molar-refractivity contribution in [3.05, 3.63) is 42.6 Å². The molecule has 0 atom stereocenters. The lowest BCUT2D eigenvalue weighted by atomic mass is 10.1. The zero-order valence-electron chi connectivity index (χ0n) is 13.4. The first-order valence-corrected chi connectivity index (χ1v) is 8.28. The number of likely N-dealkylation sites (N-methyl/N-ethyl adjacent to an activating group) is 1. The molecule has 1 aromatic heterocycles. The van der Waals surface area contributed by atoms with Crippen molar-refractivity contribution in [3.63, 3.8) is 0 Å². The largest absolute Gasteiger partial charge is 0.355 e. The lowest BCUT2D eigenvalue weighted by Gasteiger charge is -2.23. The van der Waals surface area contributed by atoms with Gasteiger partial charge in [0.15, 0.2) is 6.29 Å². The molecule has 1 aromatic carbocycles. The molecule has 0 radical (unpaired) electrons. The summed E-state index contributed by atoms with van der Waals surface area (Å²) in [7, 11) is 5.25. The number of hydrogen-bond acceptors (Lipinski definition) is 5. The number of hydrogen-bond donors (Lipinski definition) is 0. The van der Waals surface area contributed by atoms with E-state index >= 15 is 0 Å². The molecule has 22 heavy (non-hydrogen) atoms. The van der Waals surface area contributed by atoms with E-state index in [1.807, 2.05) is 24.2 Å². The predicted octanol–water partition coefficient (Wildman–Crippen LogP) is 3.53. The molecule has 0 aliphatic rings. The minimum absolute atomic E-state index is 0.260. The number of nitrogens with zero attached hydrogens (tertiary/aromatic N) is 2. The normalized spacial score (nSPS) is 11.0. The minimum atomic E-state index is -0.260. The fraction of sp³-hybridized carbons (Fsp3) is 0.353.